The van der Waals surface area contributed by atoms with Gasteiger partial charge in [0.15, 0.2) is 0 Å². The van der Waals surface area contributed by atoms with Gasteiger partial charge in [-0.1, -0.05) is 12.1 Å². The Morgan fingerprint density at radius 3 is 2.75 bits per heavy atom. The summed E-state index contributed by atoms with van der Waals surface area (Å²) in [7, 11) is 4.16. The minimum Gasteiger partial charge on any atom is -0.486 e. The van der Waals surface area contributed by atoms with E-state index >= 15 is 0 Å². The summed E-state index contributed by atoms with van der Waals surface area (Å²) in [6, 6.07) is 5.12. The summed E-state index contributed by atoms with van der Waals surface area (Å²) < 4.78 is 13.4. The van der Waals surface area contributed by atoms with Crippen LogP contribution in [0.3, 0.4) is 0 Å². The van der Waals surface area contributed by atoms with E-state index in [4.69, 9.17) is 9.47 Å². The second-order valence-corrected chi connectivity index (χ2v) is 10.9. The Hall–Kier alpha value is -1.10. The molecule has 6 aliphatic rings. The molecule has 6 atom stereocenters. The van der Waals surface area contributed by atoms with Crippen molar-refractivity contribution in [1.29, 1.82) is 0 Å². The van der Waals surface area contributed by atoms with E-state index in [0.29, 0.717) is 6.04 Å². The number of hydrogen-bond donors (Lipinski definition) is 1. The number of ether oxygens (including phenoxy) is 2. The lowest BCUT2D eigenvalue weighted by molar-refractivity contribution is -0.298. The quantitative estimate of drug-likeness (QED) is 0.852. The largest absolute Gasteiger partial charge is 0.486 e. The lowest BCUT2D eigenvalue weighted by Gasteiger charge is -2.74. The van der Waals surface area contributed by atoms with Crippen molar-refractivity contribution in [2.24, 2.45) is 11.3 Å². The molecule has 4 nitrogen and oxygen atoms in total. The first-order chi connectivity index (χ1) is 13.2. The lowest BCUT2D eigenvalue weighted by atomic mass is 9.34. The van der Waals surface area contributed by atoms with E-state index in [-0.39, 0.29) is 22.9 Å². The third-order valence-corrected chi connectivity index (χ3v) is 9.70. The fourth-order valence-corrected chi connectivity index (χ4v) is 8.66. The van der Waals surface area contributed by atoms with Crippen molar-refractivity contribution in [3.8, 4) is 5.75 Å². The highest BCUT2D eigenvalue weighted by molar-refractivity contribution is 5.61. The van der Waals surface area contributed by atoms with E-state index < -0.39 is 11.2 Å². The van der Waals surface area contributed by atoms with Crippen molar-refractivity contribution < 1.29 is 14.6 Å². The number of aliphatic hydroxyl groups is 1. The number of aryl methyl sites for hydroxylation is 1. The highest BCUT2D eigenvalue weighted by atomic mass is 16.6. The zero-order valence-electron chi connectivity index (χ0n) is 17.8. The molecule has 2 heterocycles. The maximum Gasteiger partial charge on any atom is 0.138 e. The van der Waals surface area contributed by atoms with Crippen LogP contribution < -0.4 is 4.74 Å². The molecule has 1 aromatic rings. The molecule has 4 bridgehead atoms. The van der Waals surface area contributed by atoms with Crippen molar-refractivity contribution >= 4 is 0 Å². The Morgan fingerprint density at radius 2 is 2.04 bits per heavy atom. The number of benzene rings is 1. The summed E-state index contributed by atoms with van der Waals surface area (Å²) in [6.07, 6.45) is 5.45. The van der Waals surface area contributed by atoms with E-state index in [1.54, 1.807) is 0 Å². The predicted molar refractivity (Wildman–Crippen MR) is 108 cm³/mol. The van der Waals surface area contributed by atoms with Crippen molar-refractivity contribution in [3.63, 3.8) is 0 Å². The Balaban J connectivity index is 1.69. The number of likely N-dealkylation sites (N-methyl/N-ethyl adjacent to an activating group) is 1. The number of likely N-dealkylation sites (tertiary alicyclic amines) is 1. The first-order valence-corrected chi connectivity index (χ1v) is 11.0. The Bertz CT molecular complexity index is 875. The highest BCUT2D eigenvalue weighted by Crippen LogP contribution is 2.76. The van der Waals surface area contributed by atoms with Gasteiger partial charge in [0.25, 0.3) is 0 Å². The molecule has 1 unspecified atom stereocenters. The summed E-state index contributed by atoms with van der Waals surface area (Å²) in [5.41, 5.74) is 3.25. The van der Waals surface area contributed by atoms with Crippen LogP contribution >= 0.6 is 0 Å². The second kappa shape index (κ2) is 4.96. The maximum atomic E-state index is 11.3. The van der Waals surface area contributed by atoms with Gasteiger partial charge in [-0.3, -0.25) is 0 Å². The first kappa shape index (κ1) is 17.7. The van der Waals surface area contributed by atoms with Crippen LogP contribution in [0, 0.1) is 18.3 Å². The van der Waals surface area contributed by atoms with Gasteiger partial charge in [0, 0.05) is 35.5 Å². The van der Waals surface area contributed by atoms with Crippen molar-refractivity contribution in [3.05, 3.63) is 28.8 Å². The monoisotopic (exact) mass is 383 g/mol. The van der Waals surface area contributed by atoms with Crippen molar-refractivity contribution in [1.82, 2.24) is 4.90 Å². The summed E-state index contributed by atoms with van der Waals surface area (Å²) >= 11 is 0. The Labute approximate surface area is 168 Å². The fourth-order valence-electron chi connectivity index (χ4n) is 8.66. The summed E-state index contributed by atoms with van der Waals surface area (Å²) in [4.78, 5) is 2.61. The molecule has 1 N–H and O–H groups in total. The fraction of sp³-hybridized carbons (Fsp3) is 0.750. The molecule has 0 radical (unpaired) electrons. The average Bonchev–Trinajstić information content (AvgIpc) is 3.03. The number of hydrogen-bond acceptors (Lipinski definition) is 4. The number of nitrogens with zero attached hydrogens (tertiary/aromatic N) is 1. The molecule has 3 saturated carbocycles. The van der Waals surface area contributed by atoms with Crippen molar-refractivity contribution in [2.75, 3.05) is 20.7 Å². The van der Waals surface area contributed by atoms with Gasteiger partial charge >= 0.3 is 0 Å². The molecule has 4 heteroatoms. The molecule has 1 saturated heterocycles. The smallest absolute Gasteiger partial charge is 0.138 e. The minimum absolute atomic E-state index is 0.00951. The standard InChI is InChI=1S/C24H33NO3/c1-14-6-7-15-12-17-22-8-9-24(27-5,16(13-22)21(2,3)26)20-23(22,10-11-25(17)4)18(15)19(14)28-20/h6-7,16-17,20,26H,8-13H2,1-5H3/t16?,17-,20-,22-,23+,24+/m1/s1. The molecule has 4 aliphatic carbocycles. The van der Waals surface area contributed by atoms with E-state index in [1.807, 2.05) is 21.0 Å². The molecular formula is C24H33NO3. The van der Waals surface area contributed by atoms with Gasteiger partial charge in [-0.2, -0.15) is 0 Å². The van der Waals surface area contributed by atoms with Gasteiger partial charge in [0.1, 0.15) is 17.5 Å². The van der Waals surface area contributed by atoms with Crippen LogP contribution in [0.5, 0.6) is 5.75 Å². The summed E-state index contributed by atoms with van der Waals surface area (Å²) in [6.45, 7) is 7.26. The highest BCUT2D eigenvalue weighted by Gasteiger charge is 2.81. The SMILES string of the molecule is CO[C@@]12CC[C@@]3(CC1C(C)(C)O)[C@H]1Cc4ccc(C)c5c4[C@@]3(CCN1C)[C@H]2O5. The molecule has 4 fully saturated rings. The summed E-state index contributed by atoms with van der Waals surface area (Å²) in [5.74, 6) is 1.22. The third kappa shape index (κ3) is 1.61. The van der Waals surface area contributed by atoms with E-state index in [2.05, 4.69) is 31.0 Å². The molecule has 7 rings (SSSR count). The zero-order valence-corrected chi connectivity index (χ0v) is 17.8. The van der Waals surface area contributed by atoms with E-state index in [9.17, 15) is 5.11 Å². The van der Waals surface area contributed by atoms with Crippen LogP contribution in [0.4, 0.5) is 0 Å². The van der Waals surface area contributed by atoms with Crippen molar-refractivity contribution in [2.45, 2.75) is 81.6 Å². The number of rotatable bonds is 2. The minimum atomic E-state index is -0.786. The first-order valence-electron chi connectivity index (χ1n) is 11.0. The van der Waals surface area contributed by atoms with Crippen LogP contribution in [-0.4, -0.2) is 54.1 Å². The average molecular weight is 384 g/mol. The van der Waals surface area contributed by atoms with Gasteiger partial charge in [0.2, 0.25) is 0 Å². The van der Waals surface area contributed by atoms with Gasteiger partial charge < -0.3 is 19.5 Å². The third-order valence-electron chi connectivity index (χ3n) is 9.70. The van der Waals surface area contributed by atoms with Gasteiger partial charge in [-0.05, 0) is 77.6 Å². The molecule has 0 amide bonds. The van der Waals surface area contributed by atoms with E-state index in [1.165, 1.54) is 23.1 Å². The lowest BCUT2D eigenvalue weighted by Crippen LogP contribution is -2.82. The predicted octanol–water partition coefficient (Wildman–Crippen LogP) is 3.21. The number of methoxy groups -OCH3 is 1. The molecule has 2 spiro atoms. The van der Waals surface area contributed by atoms with Gasteiger partial charge in [-0.15, -0.1) is 0 Å². The van der Waals surface area contributed by atoms with Crippen LogP contribution in [0.25, 0.3) is 0 Å². The number of fused-ring (bicyclic) bond motifs is 2. The molecule has 28 heavy (non-hydrogen) atoms. The Kier molecular flexibility index (Phi) is 3.14. The van der Waals surface area contributed by atoms with Crippen LogP contribution in [0.1, 0.15) is 56.2 Å². The molecular weight excluding hydrogens is 350 g/mol. The maximum absolute atomic E-state index is 11.3. The van der Waals surface area contributed by atoms with Gasteiger partial charge in [0.05, 0.1) is 5.60 Å². The molecule has 152 valence electrons. The molecule has 0 aromatic heterocycles. The normalized spacial score (nSPS) is 45.7. The Morgan fingerprint density at radius 1 is 1.25 bits per heavy atom. The topological polar surface area (TPSA) is 41.9 Å². The molecule has 2 aliphatic heterocycles. The molecule has 1 aromatic carbocycles. The van der Waals surface area contributed by atoms with Crippen LogP contribution in [0.15, 0.2) is 12.1 Å². The summed E-state index contributed by atoms with van der Waals surface area (Å²) in [5, 5.41) is 11.3. The number of piperidine rings is 1. The second-order valence-electron chi connectivity index (χ2n) is 10.9. The van der Waals surface area contributed by atoms with Crippen LogP contribution in [0.2, 0.25) is 0 Å². The zero-order chi connectivity index (χ0) is 19.7. The van der Waals surface area contributed by atoms with Crippen LogP contribution in [-0.2, 0) is 16.6 Å². The van der Waals surface area contributed by atoms with E-state index in [0.717, 1.165) is 38.0 Å². The van der Waals surface area contributed by atoms with Gasteiger partial charge in [-0.25, -0.2) is 0 Å².